The van der Waals surface area contributed by atoms with Gasteiger partial charge in [0.05, 0.1) is 16.5 Å². The van der Waals surface area contributed by atoms with Crippen LogP contribution in [-0.2, 0) is 5.75 Å². The van der Waals surface area contributed by atoms with Crippen LogP contribution in [0.3, 0.4) is 0 Å². The van der Waals surface area contributed by atoms with Gasteiger partial charge in [-0.05, 0) is 30.3 Å². The van der Waals surface area contributed by atoms with Crippen LogP contribution in [0.4, 0.5) is 5.69 Å². The number of hydrogen-bond donors (Lipinski definition) is 1. The molecule has 21 heavy (non-hydrogen) atoms. The van der Waals surface area contributed by atoms with Crippen LogP contribution >= 0.6 is 23.4 Å². The van der Waals surface area contributed by atoms with E-state index in [2.05, 4.69) is 10.1 Å². The van der Waals surface area contributed by atoms with E-state index in [0.29, 0.717) is 28.2 Å². The van der Waals surface area contributed by atoms with Gasteiger partial charge in [0.15, 0.2) is 5.82 Å². The molecule has 0 unspecified atom stereocenters. The van der Waals surface area contributed by atoms with Crippen molar-refractivity contribution < 1.29 is 4.52 Å². The summed E-state index contributed by atoms with van der Waals surface area (Å²) in [4.78, 5) is 5.54. The number of nitrogen functional groups attached to an aromatic ring is 1. The molecule has 0 saturated carbocycles. The van der Waals surface area contributed by atoms with E-state index < -0.39 is 0 Å². The van der Waals surface area contributed by atoms with Crippen molar-refractivity contribution in [3.8, 4) is 11.5 Å². The molecule has 0 aliphatic carbocycles. The molecule has 0 saturated heterocycles. The lowest BCUT2D eigenvalue weighted by Gasteiger charge is -1.99. The minimum atomic E-state index is 0.446. The average molecular weight is 318 g/mol. The molecule has 0 spiro atoms. The molecule has 3 rings (SSSR count). The molecule has 0 fully saturated rings. The fourth-order valence-electron chi connectivity index (χ4n) is 1.77. The van der Waals surface area contributed by atoms with Crippen molar-refractivity contribution in [2.75, 3.05) is 5.73 Å². The highest BCUT2D eigenvalue weighted by Gasteiger charge is 2.10. The minimum absolute atomic E-state index is 0.446. The number of hydrogen-bond acceptors (Lipinski definition) is 5. The molecular weight excluding hydrogens is 306 g/mol. The number of rotatable bonds is 4. The maximum atomic E-state index is 5.90. The van der Waals surface area contributed by atoms with Gasteiger partial charge in [-0.2, -0.15) is 4.98 Å². The molecule has 2 N–H and O–H groups in total. The fraction of sp³-hybridized carbons (Fsp3) is 0.0667. The van der Waals surface area contributed by atoms with E-state index in [1.807, 2.05) is 30.3 Å². The van der Waals surface area contributed by atoms with Gasteiger partial charge in [-0.3, -0.25) is 0 Å². The molecule has 4 nitrogen and oxygen atoms in total. The van der Waals surface area contributed by atoms with E-state index >= 15 is 0 Å². The molecule has 6 heteroatoms. The zero-order valence-electron chi connectivity index (χ0n) is 11.0. The predicted octanol–water partition coefficient (Wildman–Crippen LogP) is 4.26. The molecule has 0 atom stereocenters. The van der Waals surface area contributed by atoms with Gasteiger partial charge in [-0.1, -0.05) is 35.0 Å². The van der Waals surface area contributed by atoms with Crippen LogP contribution in [0.2, 0.25) is 5.02 Å². The van der Waals surface area contributed by atoms with Gasteiger partial charge in [0.1, 0.15) is 0 Å². The monoisotopic (exact) mass is 317 g/mol. The van der Waals surface area contributed by atoms with Crippen LogP contribution in [0.1, 0.15) is 5.82 Å². The Hall–Kier alpha value is -1.98. The summed E-state index contributed by atoms with van der Waals surface area (Å²) in [6, 6.07) is 15.3. The molecule has 0 radical (unpaired) electrons. The van der Waals surface area contributed by atoms with Crippen molar-refractivity contribution in [3.63, 3.8) is 0 Å². The number of thioether (sulfide) groups is 1. The highest BCUT2D eigenvalue weighted by molar-refractivity contribution is 7.98. The predicted molar refractivity (Wildman–Crippen MR) is 85.2 cm³/mol. The standard InChI is InChI=1S/C15H12ClN3OS/c16-12-7-6-10(8-13(12)17)15-18-14(19-20-15)9-21-11-4-2-1-3-5-11/h1-8H,9,17H2. The average Bonchev–Trinajstić information content (AvgIpc) is 2.98. The van der Waals surface area contributed by atoms with E-state index in [-0.39, 0.29) is 0 Å². The van der Waals surface area contributed by atoms with Crippen molar-refractivity contribution in [1.29, 1.82) is 0 Å². The van der Waals surface area contributed by atoms with Gasteiger partial charge in [0.25, 0.3) is 5.89 Å². The minimum Gasteiger partial charge on any atom is -0.398 e. The number of anilines is 1. The first-order valence-electron chi connectivity index (χ1n) is 6.28. The summed E-state index contributed by atoms with van der Waals surface area (Å²) in [5.74, 6) is 1.74. The quantitative estimate of drug-likeness (QED) is 0.575. The smallest absolute Gasteiger partial charge is 0.258 e. The number of nitrogens with two attached hydrogens (primary N) is 1. The first-order valence-corrected chi connectivity index (χ1v) is 7.64. The van der Waals surface area contributed by atoms with Crippen LogP contribution < -0.4 is 5.73 Å². The molecule has 106 valence electrons. The van der Waals surface area contributed by atoms with Gasteiger partial charge in [0.2, 0.25) is 0 Å². The van der Waals surface area contributed by atoms with Crippen molar-refractivity contribution in [3.05, 3.63) is 59.4 Å². The fourth-order valence-corrected chi connectivity index (χ4v) is 2.65. The molecule has 3 aromatic rings. The highest BCUT2D eigenvalue weighted by Crippen LogP contribution is 2.27. The number of aromatic nitrogens is 2. The second kappa shape index (κ2) is 6.20. The molecule has 1 aromatic heterocycles. The maximum Gasteiger partial charge on any atom is 0.258 e. The Morgan fingerprint density at radius 2 is 1.95 bits per heavy atom. The van der Waals surface area contributed by atoms with Crippen LogP contribution in [0, 0.1) is 0 Å². The van der Waals surface area contributed by atoms with E-state index in [9.17, 15) is 0 Å². The van der Waals surface area contributed by atoms with Gasteiger partial charge >= 0.3 is 0 Å². The normalized spacial score (nSPS) is 10.7. The third-order valence-electron chi connectivity index (χ3n) is 2.82. The zero-order chi connectivity index (χ0) is 14.7. The van der Waals surface area contributed by atoms with Crippen molar-refractivity contribution in [2.24, 2.45) is 0 Å². The van der Waals surface area contributed by atoms with Crippen LogP contribution in [0.5, 0.6) is 0 Å². The van der Waals surface area contributed by atoms with Crippen LogP contribution in [-0.4, -0.2) is 10.1 Å². The molecule has 0 bridgehead atoms. The Kier molecular flexibility index (Phi) is 4.13. The van der Waals surface area contributed by atoms with Crippen LogP contribution in [0.25, 0.3) is 11.5 Å². The Labute approximate surface area is 131 Å². The molecular formula is C15H12ClN3OS. The highest BCUT2D eigenvalue weighted by atomic mass is 35.5. The third kappa shape index (κ3) is 3.37. The summed E-state index contributed by atoms with van der Waals surface area (Å²) in [5, 5.41) is 4.49. The molecule has 0 aliphatic rings. The first kappa shape index (κ1) is 14.0. The number of nitrogens with zero attached hydrogens (tertiary/aromatic N) is 2. The topological polar surface area (TPSA) is 64.9 Å². The summed E-state index contributed by atoms with van der Waals surface area (Å²) in [6.45, 7) is 0. The van der Waals surface area contributed by atoms with Gasteiger partial charge in [0, 0.05) is 10.5 Å². The Morgan fingerprint density at radius 3 is 2.71 bits per heavy atom. The molecule has 0 aliphatic heterocycles. The third-order valence-corrected chi connectivity index (χ3v) is 4.17. The van der Waals surface area contributed by atoms with E-state index in [1.54, 1.807) is 30.0 Å². The first-order chi connectivity index (χ1) is 10.2. The van der Waals surface area contributed by atoms with Crippen LogP contribution in [0.15, 0.2) is 57.9 Å². The Balaban J connectivity index is 1.72. The second-order valence-corrected chi connectivity index (χ2v) is 5.81. The number of halogens is 1. The van der Waals surface area contributed by atoms with Gasteiger partial charge in [-0.25, -0.2) is 0 Å². The van der Waals surface area contributed by atoms with Crippen molar-refractivity contribution in [1.82, 2.24) is 10.1 Å². The van der Waals surface area contributed by atoms with E-state index in [0.717, 1.165) is 5.56 Å². The van der Waals surface area contributed by atoms with E-state index in [1.165, 1.54) is 4.90 Å². The number of benzene rings is 2. The lowest BCUT2D eigenvalue weighted by Crippen LogP contribution is -1.88. The summed E-state index contributed by atoms with van der Waals surface area (Å²) in [5.41, 5.74) is 7.03. The van der Waals surface area contributed by atoms with Gasteiger partial charge < -0.3 is 10.3 Å². The summed E-state index contributed by atoms with van der Waals surface area (Å²) >= 11 is 7.55. The lowest BCUT2D eigenvalue weighted by molar-refractivity contribution is 0.425. The Bertz CT molecular complexity index is 746. The lowest BCUT2D eigenvalue weighted by atomic mass is 10.2. The molecule has 0 amide bonds. The molecule has 1 heterocycles. The SMILES string of the molecule is Nc1cc(-c2nc(CSc3ccccc3)no2)ccc1Cl. The van der Waals surface area contributed by atoms with Gasteiger partial charge in [-0.15, -0.1) is 11.8 Å². The van der Waals surface area contributed by atoms with E-state index in [4.69, 9.17) is 21.9 Å². The Morgan fingerprint density at radius 1 is 1.14 bits per heavy atom. The summed E-state index contributed by atoms with van der Waals surface area (Å²) < 4.78 is 5.26. The maximum absolute atomic E-state index is 5.90. The second-order valence-electron chi connectivity index (χ2n) is 4.35. The van der Waals surface area contributed by atoms with Crippen molar-refractivity contribution in [2.45, 2.75) is 10.6 Å². The zero-order valence-corrected chi connectivity index (χ0v) is 12.6. The largest absolute Gasteiger partial charge is 0.398 e. The summed E-state index contributed by atoms with van der Waals surface area (Å²) in [7, 11) is 0. The summed E-state index contributed by atoms with van der Waals surface area (Å²) in [6.07, 6.45) is 0. The van der Waals surface area contributed by atoms with Crippen molar-refractivity contribution >= 4 is 29.1 Å². The molecule has 2 aromatic carbocycles.